The standard InChI is InChI=1S/C23H34N2/c1-21(2,3)25(20-16-12-9-13-17-20)23(6,7)18-22(4,5)24-19-14-10-8-11-15-19/h8-17,24H,18H2,1-7H3. The summed E-state index contributed by atoms with van der Waals surface area (Å²) >= 11 is 0. The van der Waals surface area contributed by atoms with Gasteiger partial charge in [0.15, 0.2) is 0 Å². The second-order valence-corrected chi connectivity index (χ2v) is 9.21. The van der Waals surface area contributed by atoms with Gasteiger partial charge in [-0.25, -0.2) is 0 Å². The Labute approximate surface area is 154 Å². The maximum Gasteiger partial charge on any atom is 0.0375 e. The Morgan fingerprint density at radius 2 is 1.20 bits per heavy atom. The van der Waals surface area contributed by atoms with Crippen LogP contribution in [0.3, 0.4) is 0 Å². The lowest BCUT2D eigenvalue weighted by Crippen LogP contribution is -2.57. The van der Waals surface area contributed by atoms with E-state index in [1.165, 1.54) is 11.4 Å². The largest absolute Gasteiger partial charge is 0.380 e. The Kier molecular flexibility index (Phi) is 5.51. The summed E-state index contributed by atoms with van der Waals surface area (Å²) in [7, 11) is 0. The van der Waals surface area contributed by atoms with Crippen LogP contribution in [0.15, 0.2) is 60.7 Å². The van der Waals surface area contributed by atoms with Gasteiger partial charge in [0, 0.05) is 28.0 Å². The SMILES string of the molecule is CC(C)(CC(C)(C)N(c1ccccc1)C(C)(C)C)Nc1ccccc1. The molecule has 0 spiro atoms. The van der Waals surface area contributed by atoms with Crippen molar-refractivity contribution >= 4 is 11.4 Å². The van der Waals surface area contributed by atoms with Crippen molar-refractivity contribution < 1.29 is 0 Å². The monoisotopic (exact) mass is 338 g/mol. The topological polar surface area (TPSA) is 15.3 Å². The van der Waals surface area contributed by atoms with E-state index in [9.17, 15) is 0 Å². The number of rotatable bonds is 6. The molecule has 0 amide bonds. The minimum Gasteiger partial charge on any atom is -0.380 e. The van der Waals surface area contributed by atoms with Gasteiger partial charge in [-0.3, -0.25) is 0 Å². The molecule has 2 nitrogen and oxygen atoms in total. The van der Waals surface area contributed by atoms with E-state index in [4.69, 9.17) is 0 Å². The first-order valence-corrected chi connectivity index (χ1v) is 9.20. The number of anilines is 2. The Bertz CT molecular complexity index is 651. The van der Waals surface area contributed by atoms with Gasteiger partial charge in [-0.15, -0.1) is 0 Å². The summed E-state index contributed by atoms with van der Waals surface area (Å²) in [6, 6.07) is 21.2. The van der Waals surface area contributed by atoms with E-state index < -0.39 is 0 Å². The van der Waals surface area contributed by atoms with Crippen molar-refractivity contribution in [1.29, 1.82) is 0 Å². The van der Waals surface area contributed by atoms with Gasteiger partial charge in [-0.05, 0) is 79.2 Å². The summed E-state index contributed by atoms with van der Waals surface area (Å²) in [5.74, 6) is 0. The number of hydrogen-bond donors (Lipinski definition) is 1. The predicted molar refractivity (Wildman–Crippen MR) is 112 cm³/mol. The summed E-state index contributed by atoms with van der Waals surface area (Å²) in [6.07, 6.45) is 1.01. The average molecular weight is 339 g/mol. The Balaban J connectivity index is 2.27. The third-order valence-electron chi connectivity index (χ3n) is 4.42. The summed E-state index contributed by atoms with van der Waals surface area (Å²) in [5.41, 5.74) is 2.45. The van der Waals surface area contributed by atoms with Crippen molar-refractivity contribution in [3.8, 4) is 0 Å². The lowest BCUT2D eigenvalue weighted by molar-refractivity contribution is 0.295. The molecule has 0 bridgehead atoms. The highest BCUT2D eigenvalue weighted by molar-refractivity contribution is 5.52. The number of para-hydroxylation sites is 2. The maximum atomic E-state index is 3.71. The third-order valence-corrected chi connectivity index (χ3v) is 4.42. The van der Waals surface area contributed by atoms with Crippen LogP contribution < -0.4 is 10.2 Å². The molecule has 0 heterocycles. The van der Waals surface area contributed by atoms with Crippen LogP contribution >= 0.6 is 0 Å². The van der Waals surface area contributed by atoms with Gasteiger partial charge in [-0.2, -0.15) is 0 Å². The molecule has 2 rings (SSSR count). The molecule has 0 aromatic heterocycles. The van der Waals surface area contributed by atoms with Crippen molar-refractivity contribution in [1.82, 2.24) is 0 Å². The molecule has 0 aliphatic heterocycles. The van der Waals surface area contributed by atoms with E-state index in [1.807, 2.05) is 0 Å². The van der Waals surface area contributed by atoms with Gasteiger partial charge < -0.3 is 10.2 Å². The third kappa shape index (κ3) is 5.26. The van der Waals surface area contributed by atoms with E-state index in [0.29, 0.717) is 0 Å². The van der Waals surface area contributed by atoms with Crippen molar-refractivity contribution in [2.45, 2.75) is 71.5 Å². The molecule has 0 radical (unpaired) electrons. The van der Waals surface area contributed by atoms with Crippen LogP contribution in [0.2, 0.25) is 0 Å². The molecule has 0 aliphatic carbocycles. The highest BCUT2D eigenvalue weighted by Crippen LogP contribution is 2.37. The van der Waals surface area contributed by atoms with E-state index in [2.05, 4.69) is 119 Å². The van der Waals surface area contributed by atoms with Crippen molar-refractivity contribution in [3.63, 3.8) is 0 Å². The number of nitrogens with zero attached hydrogens (tertiary/aromatic N) is 1. The molecule has 2 heteroatoms. The Hall–Kier alpha value is -1.96. The summed E-state index contributed by atoms with van der Waals surface area (Å²) in [5, 5.41) is 3.71. The molecular formula is C23H34N2. The molecule has 0 atom stereocenters. The minimum atomic E-state index is -0.0247. The van der Waals surface area contributed by atoms with Crippen molar-refractivity contribution in [2.24, 2.45) is 0 Å². The van der Waals surface area contributed by atoms with E-state index in [0.717, 1.165) is 6.42 Å². The molecule has 136 valence electrons. The fourth-order valence-corrected chi connectivity index (χ4v) is 4.34. The van der Waals surface area contributed by atoms with Crippen LogP contribution in [0.5, 0.6) is 0 Å². The Morgan fingerprint density at radius 3 is 1.68 bits per heavy atom. The molecule has 0 fully saturated rings. The number of hydrogen-bond acceptors (Lipinski definition) is 2. The van der Waals surface area contributed by atoms with Gasteiger partial charge in [0.25, 0.3) is 0 Å². The fourth-order valence-electron chi connectivity index (χ4n) is 4.34. The van der Waals surface area contributed by atoms with Crippen LogP contribution in [0.1, 0.15) is 54.9 Å². The first kappa shape index (κ1) is 19.4. The second kappa shape index (κ2) is 7.11. The molecule has 0 unspecified atom stereocenters. The molecule has 2 aromatic rings. The van der Waals surface area contributed by atoms with Gasteiger partial charge in [-0.1, -0.05) is 36.4 Å². The number of nitrogens with one attached hydrogen (secondary N) is 1. The molecule has 0 aliphatic rings. The van der Waals surface area contributed by atoms with E-state index in [-0.39, 0.29) is 16.6 Å². The summed E-state index contributed by atoms with van der Waals surface area (Å²) in [6.45, 7) is 16.1. The van der Waals surface area contributed by atoms with E-state index >= 15 is 0 Å². The van der Waals surface area contributed by atoms with Crippen LogP contribution in [-0.2, 0) is 0 Å². The van der Waals surface area contributed by atoms with Gasteiger partial charge in [0.2, 0.25) is 0 Å². The minimum absolute atomic E-state index is 0.00904. The first-order chi connectivity index (χ1) is 11.5. The molecule has 1 N–H and O–H groups in total. The zero-order valence-corrected chi connectivity index (χ0v) is 16.9. The molecule has 2 aromatic carbocycles. The second-order valence-electron chi connectivity index (χ2n) is 9.21. The van der Waals surface area contributed by atoms with Crippen LogP contribution in [0.25, 0.3) is 0 Å². The molecule has 0 saturated heterocycles. The molecular weight excluding hydrogens is 304 g/mol. The van der Waals surface area contributed by atoms with Crippen LogP contribution in [0.4, 0.5) is 11.4 Å². The lowest BCUT2D eigenvalue weighted by atomic mass is 9.82. The number of benzene rings is 2. The highest BCUT2D eigenvalue weighted by atomic mass is 15.3. The normalized spacial score (nSPS) is 12.8. The smallest absolute Gasteiger partial charge is 0.0375 e. The van der Waals surface area contributed by atoms with Crippen molar-refractivity contribution in [2.75, 3.05) is 10.2 Å². The van der Waals surface area contributed by atoms with Gasteiger partial charge in [0.1, 0.15) is 0 Å². The predicted octanol–water partition coefficient (Wildman–Crippen LogP) is 6.35. The summed E-state index contributed by atoms with van der Waals surface area (Å²) in [4.78, 5) is 2.55. The van der Waals surface area contributed by atoms with Crippen molar-refractivity contribution in [3.05, 3.63) is 60.7 Å². The van der Waals surface area contributed by atoms with Crippen LogP contribution in [0, 0.1) is 0 Å². The zero-order chi connectivity index (χ0) is 18.7. The zero-order valence-electron chi connectivity index (χ0n) is 16.9. The fraction of sp³-hybridized carbons (Fsp3) is 0.478. The maximum absolute atomic E-state index is 3.71. The van der Waals surface area contributed by atoms with E-state index in [1.54, 1.807) is 0 Å². The highest BCUT2D eigenvalue weighted by Gasteiger charge is 2.39. The molecule has 0 saturated carbocycles. The van der Waals surface area contributed by atoms with Gasteiger partial charge in [0.05, 0.1) is 0 Å². The Morgan fingerprint density at radius 1 is 0.720 bits per heavy atom. The van der Waals surface area contributed by atoms with Gasteiger partial charge >= 0.3 is 0 Å². The van der Waals surface area contributed by atoms with Crippen LogP contribution in [-0.4, -0.2) is 16.6 Å². The lowest BCUT2D eigenvalue weighted by Gasteiger charge is -2.51. The summed E-state index contributed by atoms with van der Waals surface area (Å²) < 4.78 is 0. The molecule has 25 heavy (non-hydrogen) atoms. The average Bonchev–Trinajstić information content (AvgIpc) is 2.45. The first-order valence-electron chi connectivity index (χ1n) is 9.20. The quantitative estimate of drug-likeness (QED) is 0.660.